The average Bonchev–Trinajstić information content (AvgIpc) is 2.98. The Kier molecular flexibility index (Phi) is 7.36. The van der Waals surface area contributed by atoms with Crippen molar-refractivity contribution in [1.82, 2.24) is 20.2 Å². The van der Waals surface area contributed by atoms with Gasteiger partial charge < -0.3 is 10.4 Å². The normalized spacial score (nSPS) is 15.9. The third-order valence-electron chi connectivity index (χ3n) is 5.82. The highest BCUT2D eigenvalue weighted by molar-refractivity contribution is 7.92. The maximum absolute atomic E-state index is 13.4. The van der Waals surface area contributed by atoms with Crippen LogP contribution < -0.4 is 15.2 Å². The number of aromatic nitrogens is 2. The number of rotatable bonds is 6. The van der Waals surface area contributed by atoms with Crippen LogP contribution in [-0.2, 0) is 23.1 Å². The maximum Gasteiger partial charge on any atom is 0.295 e. The molecule has 190 valence electrons. The van der Waals surface area contributed by atoms with E-state index in [2.05, 4.69) is 15.3 Å². The third kappa shape index (κ3) is 5.89. The fourth-order valence-corrected chi connectivity index (χ4v) is 5.25. The summed E-state index contributed by atoms with van der Waals surface area (Å²) in [5.41, 5.74) is 0.950. The van der Waals surface area contributed by atoms with Crippen molar-refractivity contribution >= 4 is 21.9 Å². The molecule has 2 aromatic carbocycles. The van der Waals surface area contributed by atoms with Crippen LogP contribution in [0.3, 0.4) is 0 Å². The number of sulfonamides is 1. The zero-order valence-corrected chi connectivity index (χ0v) is 20.4. The first-order chi connectivity index (χ1) is 17.1. The minimum Gasteiger partial charge on any atom is -0.501 e. The second-order valence-electron chi connectivity index (χ2n) is 8.55. The number of aromatic hydroxyl groups is 1. The summed E-state index contributed by atoms with van der Waals surface area (Å²) in [7, 11) is -3.87. The number of carbonyl (C=O) groups is 1. The van der Waals surface area contributed by atoms with Crippen LogP contribution in [0.1, 0.15) is 27.2 Å². The number of nitrogens with zero attached hydrogens (tertiary/aromatic N) is 3. The summed E-state index contributed by atoms with van der Waals surface area (Å²) in [6, 6.07) is 13.5. The van der Waals surface area contributed by atoms with E-state index in [1.54, 1.807) is 6.07 Å². The van der Waals surface area contributed by atoms with E-state index in [1.165, 1.54) is 18.2 Å². The number of hydrogen-bond donors (Lipinski definition) is 3. The molecule has 1 amide bonds. The van der Waals surface area contributed by atoms with Gasteiger partial charge in [-0.15, -0.1) is 0 Å². The summed E-state index contributed by atoms with van der Waals surface area (Å²) >= 11 is 0. The molecule has 0 bridgehead atoms. The molecular formula is C24H26FN5O5S. The molecule has 1 aliphatic heterocycles. The molecule has 10 nitrogen and oxygen atoms in total. The minimum atomic E-state index is -3.87. The Bertz CT molecular complexity index is 1430. The largest absolute Gasteiger partial charge is 0.501 e. The van der Waals surface area contributed by atoms with Gasteiger partial charge in [0.2, 0.25) is 21.7 Å². The molecule has 3 aromatic rings. The van der Waals surface area contributed by atoms with Crippen molar-refractivity contribution in [2.24, 2.45) is 0 Å². The van der Waals surface area contributed by atoms with E-state index in [0.29, 0.717) is 18.7 Å². The standard InChI is InChI=1S/C24H26FN5O5S/c1-16-5-7-17(8-6-16)15-29-9-10-30(36(34,35)12-11-29)24-27-20(21(31)23(33)28-24)22(32)26-14-18-3-2-4-19(25)13-18/h2-8,13,31H,9-12,14-15H2,1H3,(H,26,32)(H,27,28,33). The SMILES string of the molecule is Cc1ccc(CN2CCN(c3nc(C(=O)NCc4cccc(F)c4)c(O)c(=O)[nH]3)S(=O)(=O)CC2)cc1. The minimum absolute atomic E-state index is 0.00768. The molecule has 4 rings (SSSR count). The number of hydrogen-bond acceptors (Lipinski definition) is 7. The summed E-state index contributed by atoms with van der Waals surface area (Å²) in [6.45, 7) is 3.08. The van der Waals surface area contributed by atoms with Crippen molar-refractivity contribution in [3.8, 4) is 5.75 Å². The lowest BCUT2D eigenvalue weighted by Crippen LogP contribution is -2.37. The van der Waals surface area contributed by atoms with Gasteiger partial charge in [0.1, 0.15) is 5.82 Å². The molecule has 1 fully saturated rings. The topological polar surface area (TPSA) is 136 Å². The highest BCUT2D eigenvalue weighted by atomic mass is 32.2. The fraction of sp³-hybridized carbons (Fsp3) is 0.292. The summed E-state index contributed by atoms with van der Waals surface area (Å²) in [4.78, 5) is 33.2. The van der Waals surface area contributed by atoms with Crippen LogP contribution in [0, 0.1) is 12.7 Å². The van der Waals surface area contributed by atoms with Gasteiger partial charge in [0.15, 0.2) is 5.69 Å². The van der Waals surface area contributed by atoms with Crippen LogP contribution in [0.25, 0.3) is 0 Å². The van der Waals surface area contributed by atoms with Gasteiger partial charge in [0, 0.05) is 32.7 Å². The Morgan fingerprint density at radius 3 is 2.61 bits per heavy atom. The molecule has 3 N–H and O–H groups in total. The lowest BCUT2D eigenvalue weighted by molar-refractivity contribution is 0.0942. The van der Waals surface area contributed by atoms with E-state index >= 15 is 0 Å². The molecule has 12 heteroatoms. The first-order valence-corrected chi connectivity index (χ1v) is 12.9. The molecule has 1 aliphatic rings. The summed E-state index contributed by atoms with van der Waals surface area (Å²) in [6.07, 6.45) is 0. The van der Waals surface area contributed by atoms with E-state index in [-0.39, 0.29) is 31.3 Å². The fourth-order valence-electron chi connectivity index (χ4n) is 3.83. The van der Waals surface area contributed by atoms with Crippen LogP contribution in [0.15, 0.2) is 53.3 Å². The zero-order valence-electron chi connectivity index (χ0n) is 19.6. The van der Waals surface area contributed by atoms with Gasteiger partial charge in [0.25, 0.3) is 11.5 Å². The van der Waals surface area contributed by atoms with Crippen LogP contribution >= 0.6 is 0 Å². The van der Waals surface area contributed by atoms with E-state index in [1.807, 2.05) is 36.1 Å². The molecule has 1 saturated heterocycles. The maximum atomic E-state index is 13.4. The first kappa shape index (κ1) is 25.3. The van der Waals surface area contributed by atoms with E-state index in [4.69, 9.17) is 0 Å². The number of anilines is 1. The number of halogens is 1. The molecule has 2 heterocycles. The summed E-state index contributed by atoms with van der Waals surface area (Å²) in [5.74, 6) is -2.90. The quantitative estimate of drug-likeness (QED) is 0.453. The van der Waals surface area contributed by atoms with Gasteiger partial charge in [-0.3, -0.25) is 19.5 Å². The smallest absolute Gasteiger partial charge is 0.295 e. The molecule has 0 atom stereocenters. The highest BCUT2D eigenvalue weighted by Crippen LogP contribution is 2.19. The lowest BCUT2D eigenvalue weighted by atomic mass is 10.1. The van der Waals surface area contributed by atoms with Crippen LogP contribution in [-0.4, -0.2) is 59.7 Å². The molecule has 1 aromatic heterocycles. The van der Waals surface area contributed by atoms with Crippen LogP contribution in [0.4, 0.5) is 10.3 Å². The van der Waals surface area contributed by atoms with Crippen LogP contribution in [0.5, 0.6) is 5.75 Å². The monoisotopic (exact) mass is 515 g/mol. The van der Waals surface area contributed by atoms with Gasteiger partial charge in [-0.05, 0) is 30.2 Å². The number of aromatic amines is 1. The van der Waals surface area contributed by atoms with E-state index in [9.17, 15) is 27.5 Å². The molecule has 0 radical (unpaired) electrons. The predicted octanol–water partition coefficient (Wildman–Crippen LogP) is 1.51. The van der Waals surface area contributed by atoms with Gasteiger partial charge in [-0.25, -0.2) is 22.1 Å². The number of carbonyl (C=O) groups excluding carboxylic acids is 1. The molecule has 0 spiro atoms. The lowest BCUT2D eigenvalue weighted by Gasteiger charge is -2.21. The van der Waals surface area contributed by atoms with E-state index < -0.39 is 38.8 Å². The number of amides is 1. The number of nitrogens with one attached hydrogen (secondary N) is 2. The molecule has 36 heavy (non-hydrogen) atoms. The Labute approximate surface area is 207 Å². The Morgan fingerprint density at radius 2 is 1.89 bits per heavy atom. The van der Waals surface area contributed by atoms with Crippen molar-refractivity contribution in [3.05, 3.63) is 87.1 Å². The Morgan fingerprint density at radius 1 is 1.14 bits per heavy atom. The van der Waals surface area contributed by atoms with Gasteiger partial charge >= 0.3 is 0 Å². The molecule has 0 aliphatic carbocycles. The summed E-state index contributed by atoms with van der Waals surface area (Å²) in [5, 5.41) is 12.6. The van der Waals surface area contributed by atoms with Crippen molar-refractivity contribution in [2.75, 3.05) is 29.7 Å². The average molecular weight is 516 g/mol. The van der Waals surface area contributed by atoms with Crippen molar-refractivity contribution < 1.29 is 22.7 Å². The van der Waals surface area contributed by atoms with Crippen molar-refractivity contribution in [3.63, 3.8) is 0 Å². The second-order valence-corrected chi connectivity index (χ2v) is 10.6. The number of H-pyrrole nitrogens is 1. The Balaban J connectivity index is 1.53. The molecular weight excluding hydrogens is 489 g/mol. The second kappa shape index (κ2) is 10.5. The Hall–Kier alpha value is -3.77. The van der Waals surface area contributed by atoms with Gasteiger partial charge in [0.05, 0.1) is 5.75 Å². The highest BCUT2D eigenvalue weighted by Gasteiger charge is 2.31. The number of aryl methyl sites for hydroxylation is 1. The zero-order chi connectivity index (χ0) is 25.9. The molecule has 0 unspecified atom stereocenters. The van der Waals surface area contributed by atoms with Gasteiger partial charge in [-0.2, -0.15) is 0 Å². The van der Waals surface area contributed by atoms with Crippen molar-refractivity contribution in [2.45, 2.75) is 20.0 Å². The van der Waals surface area contributed by atoms with E-state index in [0.717, 1.165) is 15.4 Å². The molecule has 0 saturated carbocycles. The van der Waals surface area contributed by atoms with Crippen molar-refractivity contribution in [1.29, 1.82) is 0 Å². The number of benzene rings is 2. The predicted molar refractivity (Wildman–Crippen MR) is 132 cm³/mol. The third-order valence-corrected chi connectivity index (χ3v) is 7.55. The van der Waals surface area contributed by atoms with Gasteiger partial charge in [-0.1, -0.05) is 42.0 Å². The van der Waals surface area contributed by atoms with Crippen LogP contribution in [0.2, 0.25) is 0 Å². The summed E-state index contributed by atoms with van der Waals surface area (Å²) < 4.78 is 40.3. The first-order valence-electron chi connectivity index (χ1n) is 11.3.